The van der Waals surface area contributed by atoms with Crippen LogP contribution in [0.3, 0.4) is 0 Å². The van der Waals surface area contributed by atoms with E-state index in [9.17, 15) is 14.4 Å². The lowest BCUT2D eigenvalue weighted by atomic mass is 9.97. The number of hydrogen-bond acceptors (Lipinski definition) is 4. The van der Waals surface area contributed by atoms with Crippen LogP contribution in [0.1, 0.15) is 13.8 Å². The molecule has 8 nitrogen and oxygen atoms in total. The summed E-state index contributed by atoms with van der Waals surface area (Å²) in [6.45, 7) is 3.57. The van der Waals surface area contributed by atoms with E-state index < -0.39 is 17.6 Å². The zero-order valence-corrected chi connectivity index (χ0v) is 12.2. The summed E-state index contributed by atoms with van der Waals surface area (Å²) in [5.41, 5.74) is -0.634. The minimum atomic E-state index is -1.04. The summed E-state index contributed by atoms with van der Waals surface area (Å²) in [6.07, 6.45) is 0. The van der Waals surface area contributed by atoms with E-state index >= 15 is 0 Å². The van der Waals surface area contributed by atoms with E-state index in [1.165, 1.54) is 9.80 Å². The molecule has 20 heavy (non-hydrogen) atoms. The van der Waals surface area contributed by atoms with Crippen molar-refractivity contribution in [1.82, 2.24) is 15.1 Å². The highest BCUT2D eigenvalue weighted by molar-refractivity contribution is 5.86. The molecule has 0 saturated carbocycles. The highest BCUT2D eigenvalue weighted by Gasteiger charge is 2.43. The molecule has 0 radical (unpaired) electrons. The Morgan fingerprint density at radius 1 is 1.40 bits per heavy atom. The van der Waals surface area contributed by atoms with Crippen molar-refractivity contribution in [3.63, 3.8) is 0 Å². The molecule has 0 spiro atoms. The molecular weight excluding hydrogens is 266 g/mol. The first-order valence-corrected chi connectivity index (χ1v) is 6.27. The van der Waals surface area contributed by atoms with Crippen LogP contribution in [0.5, 0.6) is 0 Å². The largest absolute Gasteiger partial charge is 0.480 e. The molecule has 1 atom stereocenters. The molecule has 0 aromatic rings. The van der Waals surface area contributed by atoms with Crippen LogP contribution in [0.2, 0.25) is 0 Å². The first kappa shape index (κ1) is 16.2. The molecule has 8 heteroatoms. The first-order valence-electron chi connectivity index (χ1n) is 6.27. The fraction of sp³-hybridized carbons (Fsp3) is 0.750. The van der Waals surface area contributed by atoms with Crippen molar-refractivity contribution in [3.05, 3.63) is 0 Å². The second-order valence-electron chi connectivity index (χ2n) is 5.39. The summed E-state index contributed by atoms with van der Waals surface area (Å²) >= 11 is 0. The van der Waals surface area contributed by atoms with Gasteiger partial charge >= 0.3 is 12.0 Å². The van der Waals surface area contributed by atoms with Gasteiger partial charge in [-0.1, -0.05) is 0 Å². The Morgan fingerprint density at radius 2 is 1.95 bits per heavy atom. The predicted molar refractivity (Wildman–Crippen MR) is 70.3 cm³/mol. The monoisotopic (exact) mass is 287 g/mol. The zero-order valence-electron chi connectivity index (χ0n) is 12.2. The fourth-order valence-electron chi connectivity index (χ4n) is 1.96. The molecule has 1 unspecified atom stereocenters. The van der Waals surface area contributed by atoms with Gasteiger partial charge in [0.25, 0.3) is 0 Å². The summed E-state index contributed by atoms with van der Waals surface area (Å²) < 4.78 is 5.20. The van der Waals surface area contributed by atoms with E-state index in [0.717, 1.165) is 0 Å². The molecule has 0 aliphatic carbocycles. The van der Waals surface area contributed by atoms with Crippen LogP contribution < -0.4 is 5.32 Å². The topological polar surface area (TPSA) is 99.2 Å². The van der Waals surface area contributed by atoms with Crippen LogP contribution in [0.15, 0.2) is 0 Å². The molecule has 2 N–H and O–H groups in total. The number of nitrogens with one attached hydrogen (secondary N) is 1. The minimum absolute atomic E-state index is 0.191. The number of nitrogens with zero attached hydrogens (tertiary/aromatic N) is 2. The number of hydrogen-bond donors (Lipinski definition) is 2. The SMILES string of the molecule is CC(NC(=O)N1CC(C)(OCC(=O)O)C1)C(=O)N(C)C. The van der Waals surface area contributed by atoms with Gasteiger partial charge in [-0.2, -0.15) is 0 Å². The van der Waals surface area contributed by atoms with E-state index in [0.29, 0.717) is 13.1 Å². The Bertz CT molecular complexity index is 404. The Balaban J connectivity index is 2.38. The van der Waals surface area contributed by atoms with Gasteiger partial charge in [-0.25, -0.2) is 9.59 Å². The van der Waals surface area contributed by atoms with Crippen molar-refractivity contribution in [2.45, 2.75) is 25.5 Å². The van der Waals surface area contributed by atoms with Crippen LogP contribution in [-0.4, -0.2) is 78.2 Å². The summed E-state index contributed by atoms with van der Waals surface area (Å²) in [4.78, 5) is 36.8. The number of carbonyl (C=O) groups excluding carboxylic acids is 2. The van der Waals surface area contributed by atoms with Crippen LogP contribution in [0.25, 0.3) is 0 Å². The maximum Gasteiger partial charge on any atom is 0.329 e. The standard InChI is InChI=1S/C12H21N3O5/c1-8(10(18)14(3)4)13-11(19)15-6-12(2,7-15)20-5-9(16)17/h8H,5-7H2,1-4H3,(H,13,19)(H,16,17). The number of carboxylic acid groups (broad SMARTS) is 1. The Hall–Kier alpha value is -1.83. The van der Waals surface area contributed by atoms with Gasteiger partial charge in [-0.15, -0.1) is 0 Å². The van der Waals surface area contributed by atoms with Gasteiger partial charge in [0.2, 0.25) is 5.91 Å². The molecule has 1 rings (SSSR count). The number of likely N-dealkylation sites (N-methyl/N-ethyl adjacent to an activating group) is 1. The number of urea groups is 1. The van der Waals surface area contributed by atoms with Gasteiger partial charge in [0.05, 0.1) is 13.1 Å². The molecule has 1 aliphatic rings. The smallest absolute Gasteiger partial charge is 0.329 e. The Morgan fingerprint density at radius 3 is 2.40 bits per heavy atom. The lowest BCUT2D eigenvalue weighted by Gasteiger charge is -2.47. The predicted octanol–water partition coefficient (Wildman–Crippen LogP) is -0.652. The average Bonchev–Trinajstić information content (AvgIpc) is 2.31. The van der Waals surface area contributed by atoms with Crippen molar-refractivity contribution in [1.29, 1.82) is 0 Å². The molecule has 3 amide bonds. The third-order valence-electron chi connectivity index (χ3n) is 3.03. The molecule has 1 heterocycles. The van der Waals surface area contributed by atoms with E-state index in [-0.39, 0.29) is 18.5 Å². The number of aliphatic carboxylic acids is 1. The maximum atomic E-state index is 11.9. The third kappa shape index (κ3) is 4.09. The molecule has 114 valence electrons. The van der Waals surface area contributed by atoms with Crippen molar-refractivity contribution < 1.29 is 24.2 Å². The molecule has 0 bridgehead atoms. The number of likely N-dealkylation sites (tertiary alicyclic amines) is 1. The lowest BCUT2D eigenvalue weighted by Crippen LogP contribution is -2.66. The zero-order chi connectivity index (χ0) is 15.5. The number of carbonyl (C=O) groups is 3. The molecule has 0 aromatic carbocycles. The van der Waals surface area contributed by atoms with Crippen LogP contribution in [-0.2, 0) is 14.3 Å². The molecule has 1 fully saturated rings. The number of amides is 3. The number of ether oxygens (including phenoxy) is 1. The second-order valence-corrected chi connectivity index (χ2v) is 5.39. The van der Waals surface area contributed by atoms with Gasteiger partial charge in [0.15, 0.2) is 0 Å². The van der Waals surface area contributed by atoms with Crippen molar-refractivity contribution >= 4 is 17.9 Å². The minimum Gasteiger partial charge on any atom is -0.480 e. The molecular formula is C12H21N3O5. The molecule has 1 aliphatic heterocycles. The van der Waals surface area contributed by atoms with Gasteiger partial charge in [-0.3, -0.25) is 4.79 Å². The van der Waals surface area contributed by atoms with E-state index in [4.69, 9.17) is 9.84 Å². The molecule has 0 aromatic heterocycles. The number of carboxylic acids is 1. The van der Waals surface area contributed by atoms with E-state index in [1.807, 2.05) is 0 Å². The molecule has 1 saturated heterocycles. The second kappa shape index (κ2) is 6.08. The lowest BCUT2D eigenvalue weighted by molar-refractivity contribution is -0.159. The Kier molecular flexibility index (Phi) is 4.93. The summed E-state index contributed by atoms with van der Waals surface area (Å²) in [6, 6.07) is -0.964. The normalized spacial score (nSPS) is 17.9. The van der Waals surface area contributed by atoms with Gasteiger partial charge in [0.1, 0.15) is 18.2 Å². The number of rotatable bonds is 5. The highest BCUT2D eigenvalue weighted by Crippen LogP contribution is 2.24. The highest BCUT2D eigenvalue weighted by atomic mass is 16.5. The Labute approximate surface area is 117 Å². The summed E-state index contributed by atoms with van der Waals surface area (Å²) in [5, 5.41) is 11.1. The average molecular weight is 287 g/mol. The quantitative estimate of drug-likeness (QED) is 0.700. The summed E-state index contributed by atoms with van der Waals surface area (Å²) in [5.74, 6) is -1.23. The van der Waals surface area contributed by atoms with Crippen LogP contribution in [0.4, 0.5) is 4.79 Å². The van der Waals surface area contributed by atoms with Crippen molar-refractivity contribution in [2.24, 2.45) is 0 Å². The van der Waals surface area contributed by atoms with E-state index in [2.05, 4.69) is 5.32 Å². The third-order valence-corrected chi connectivity index (χ3v) is 3.03. The fourth-order valence-corrected chi connectivity index (χ4v) is 1.96. The van der Waals surface area contributed by atoms with E-state index in [1.54, 1.807) is 27.9 Å². The summed E-state index contributed by atoms with van der Waals surface area (Å²) in [7, 11) is 3.23. The van der Waals surface area contributed by atoms with Crippen LogP contribution >= 0.6 is 0 Å². The van der Waals surface area contributed by atoms with Crippen molar-refractivity contribution in [2.75, 3.05) is 33.8 Å². The first-order chi connectivity index (χ1) is 9.14. The van der Waals surface area contributed by atoms with Gasteiger partial charge < -0.3 is 25.0 Å². The van der Waals surface area contributed by atoms with Gasteiger partial charge in [0, 0.05) is 14.1 Å². The van der Waals surface area contributed by atoms with Crippen LogP contribution in [0, 0.1) is 0 Å². The van der Waals surface area contributed by atoms with Crippen molar-refractivity contribution in [3.8, 4) is 0 Å². The van der Waals surface area contributed by atoms with Gasteiger partial charge in [-0.05, 0) is 13.8 Å². The maximum absolute atomic E-state index is 11.9.